The van der Waals surface area contributed by atoms with E-state index in [1.807, 2.05) is 37.3 Å². The highest BCUT2D eigenvalue weighted by Crippen LogP contribution is 2.20. The van der Waals surface area contributed by atoms with E-state index in [9.17, 15) is 9.59 Å². The number of carbonyl (C=O) groups is 2. The Morgan fingerprint density at radius 2 is 1.97 bits per heavy atom. The van der Waals surface area contributed by atoms with Crippen LogP contribution in [0.4, 0.5) is 0 Å². The number of halogens is 1. The second-order valence-corrected chi connectivity index (χ2v) is 6.86. The van der Waals surface area contributed by atoms with Crippen LogP contribution >= 0.6 is 11.6 Å². The molecular formula is C22H19ClN2O4. The number of hydrogen-bond donors (Lipinski definition) is 2. The largest absolute Gasteiger partial charge is 0.489 e. The number of carbonyl (C=O) groups excluding carboxylic acids is 1. The Morgan fingerprint density at radius 1 is 1.14 bits per heavy atom. The molecule has 1 amide bonds. The number of aromatic nitrogens is 1. The van der Waals surface area contributed by atoms with Crippen LogP contribution in [0.15, 0.2) is 60.8 Å². The smallest absolute Gasteiger partial charge is 0.337 e. The van der Waals surface area contributed by atoms with E-state index in [1.165, 1.54) is 12.3 Å². The van der Waals surface area contributed by atoms with Crippen LogP contribution in [0.2, 0.25) is 5.02 Å². The molecule has 1 heterocycles. The molecule has 0 saturated heterocycles. The molecule has 0 unspecified atom stereocenters. The highest BCUT2D eigenvalue weighted by molar-refractivity contribution is 6.30. The molecule has 3 rings (SSSR count). The number of aryl methyl sites for hydroxylation is 1. The van der Waals surface area contributed by atoms with Gasteiger partial charge in [-0.3, -0.25) is 9.78 Å². The van der Waals surface area contributed by atoms with E-state index < -0.39 is 5.97 Å². The van der Waals surface area contributed by atoms with Crippen molar-refractivity contribution in [3.63, 3.8) is 0 Å². The van der Waals surface area contributed by atoms with Crippen LogP contribution in [0, 0.1) is 6.92 Å². The number of hydrogen-bond acceptors (Lipinski definition) is 4. The minimum Gasteiger partial charge on any atom is -0.489 e. The second-order valence-electron chi connectivity index (χ2n) is 6.42. The number of benzene rings is 2. The molecule has 2 aromatic carbocycles. The fraction of sp³-hybridized carbons (Fsp3) is 0.136. The van der Waals surface area contributed by atoms with Gasteiger partial charge in [-0.1, -0.05) is 29.8 Å². The summed E-state index contributed by atoms with van der Waals surface area (Å²) in [4.78, 5) is 27.5. The van der Waals surface area contributed by atoms with Gasteiger partial charge in [0.1, 0.15) is 12.4 Å². The third kappa shape index (κ3) is 5.56. The topological polar surface area (TPSA) is 88.5 Å². The fourth-order valence-electron chi connectivity index (χ4n) is 2.65. The molecule has 148 valence electrons. The zero-order valence-corrected chi connectivity index (χ0v) is 16.4. The maximum Gasteiger partial charge on any atom is 0.337 e. The maximum absolute atomic E-state index is 12.6. The summed E-state index contributed by atoms with van der Waals surface area (Å²) < 4.78 is 5.78. The monoisotopic (exact) mass is 410 g/mol. The Bertz CT molecular complexity index is 1040. The van der Waals surface area contributed by atoms with E-state index in [0.29, 0.717) is 28.6 Å². The lowest BCUT2D eigenvalue weighted by molar-refractivity contribution is 0.0696. The number of nitrogens with zero attached hydrogens (tertiary/aromatic N) is 1. The second kappa shape index (κ2) is 9.21. The van der Waals surface area contributed by atoms with Gasteiger partial charge in [0, 0.05) is 16.8 Å². The maximum atomic E-state index is 12.6. The lowest BCUT2D eigenvalue weighted by Gasteiger charge is -2.11. The highest BCUT2D eigenvalue weighted by Gasteiger charge is 2.11. The van der Waals surface area contributed by atoms with Crippen molar-refractivity contribution >= 4 is 23.5 Å². The van der Waals surface area contributed by atoms with Gasteiger partial charge in [0.15, 0.2) is 0 Å². The molecule has 1 aromatic heterocycles. The standard InChI is InChI=1S/C22H19ClN2O4/c1-14-5-8-19(29-13-15-3-2-4-17(23)9-15)10-20(14)21(26)25-12-18-7-6-16(11-24-18)22(27)28/h2-11H,12-13H2,1H3,(H,25,26)(H,27,28). The normalized spacial score (nSPS) is 10.4. The first-order chi connectivity index (χ1) is 13.9. The minimum absolute atomic E-state index is 0.0977. The Kier molecular flexibility index (Phi) is 6.46. The van der Waals surface area contributed by atoms with Gasteiger partial charge < -0.3 is 15.2 Å². The first-order valence-electron chi connectivity index (χ1n) is 8.86. The van der Waals surface area contributed by atoms with E-state index in [-0.39, 0.29) is 18.0 Å². The van der Waals surface area contributed by atoms with Crippen LogP contribution < -0.4 is 10.1 Å². The molecule has 0 aliphatic heterocycles. The average molecular weight is 411 g/mol. The molecule has 3 aromatic rings. The zero-order chi connectivity index (χ0) is 20.8. The Hall–Kier alpha value is -3.38. The molecule has 0 atom stereocenters. The van der Waals surface area contributed by atoms with Gasteiger partial charge in [0.2, 0.25) is 0 Å². The number of nitrogens with one attached hydrogen (secondary N) is 1. The summed E-state index contributed by atoms with van der Waals surface area (Å²) in [5, 5.41) is 12.3. The van der Waals surface area contributed by atoms with Gasteiger partial charge in [-0.25, -0.2) is 4.79 Å². The van der Waals surface area contributed by atoms with Crippen molar-refractivity contribution in [2.45, 2.75) is 20.1 Å². The van der Waals surface area contributed by atoms with Gasteiger partial charge in [-0.2, -0.15) is 0 Å². The first-order valence-corrected chi connectivity index (χ1v) is 9.24. The van der Waals surface area contributed by atoms with Crippen molar-refractivity contribution in [1.29, 1.82) is 0 Å². The number of carboxylic acids is 1. The molecular weight excluding hydrogens is 392 g/mol. The summed E-state index contributed by atoms with van der Waals surface area (Å²) in [5.41, 5.74) is 2.90. The number of carboxylic acid groups (broad SMARTS) is 1. The molecule has 0 spiro atoms. The van der Waals surface area contributed by atoms with Crippen LogP contribution in [-0.2, 0) is 13.2 Å². The summed E-state index contributed by atoms with van der Waals surface area (Å²) in [7, 11) is 0. The SMILES string of the molecule is Cc1ccc(OCc2cccc(Cl)c2)cc1C(=O)NCc1ccc(C(=O)O)cn1. The molecule has 0 fully saturated rings. The van der Waals surface area contributed by atoms with E-state index in [0.717, 1.165) is 11.1 Å². The molecule has 7 heteroatoms. The van der Waals surface area contributed by atoms with Crippen molar-refractivity contribution in [1.82, 2.24) is 10.3 Å². The van der Waals surface area contributed by atoms with E-state index >= 15 is 0 Å². The quantitative estimate of drug-likeness (QED) is 0.607. The summed E-state index contributed by atoms with van der Waals surface area (Å²) in [6.45, 7) is 2.37. The van der Waals surface area contributed by atoms with Crippen molar-refractivity contribution in [2.75, 3.05) is 0 Å². The average Bonchev–Trinajstić information content (AvgIpc) is 2.71. The lowest BCUT2D eigenvalue weighted by Crippen LogP contribution is -2.24. The zero-order valence-electron chi connectivity index (χ0n) is 15.7. The number of amides is 1. The van der Waals surface area contributed by atoms with Crippen LogP contribution in [0.3, 0.4) is 0 Å². The Labute approximate surface area is 173 Å². The molecule has 0 radical (unpaired) electrons. The molecule has 6 nitrogen and oxygen atoms in total. The van der Waals surface area contributed by atoms with Crippen molar-refractivity contribution < 1.29 is 19.4 Å². The van der Waals surface area contributed by atoms with Gasteiger partial charge in [0.25, 0.3) is 5.91 Å². The van der Waals surface area contributed by atoms with Crippen molar-refractivity contribution in [3.8, 4) is 5.75 Å². The molecule has 0 aliphatic rings. The first kappa shape index (κ1) is 20.4. The number of pyridine rings is 1. The van der Waals surface area contributed by atoms with Gasteiger partial charge in [-0.05, 0) is 54.4 Å². The van der Waals surface area contributed by atoms with Gasteiger partial charge in [-0.15, -0.1) is 0 Å². The van der Waals surface area contributed by atoms with Crippen LogP contribution in [0.25, 0.3) is 0 Å². The summed E-state index contributed by atoms with van der Waals surface area (Å²) in [6, 6.07) is 15.7. The van der Waals surface area contributed by atoms with Crippen LogP contribution in [0.1, 0.15) is 37.5 Å². The van der Waals surface area contributed by atoms with E-state index in [2.05, 4.69) is 10.3 Å². The number of aromatic carboxylic acids is 1. The third-order valence-electron chi connectivity index (χ3n) is 4.25. The predicted octanol–water partition coefficient (Wildman–Crippen LogP) is 4.25. The highest BCUT2D eigenvalue weighted by atomic mass is 35.5. The van der Waals surface area contributed by atoms with E-state index in [1.54, 1.807) is 18.2 Å². The Morgan fingerprint density at radius 3 is 2.66 bits per heavy atom. The molecule has 0 saturated carbocycles. The number of ether oxygens (including phenoxy) is 1. The minimum atomic E-state index is -1.04. The summed E-state index contributed by atoms with van der Waals surface area (Å²) in [6.07, 6.45) is 1.26. The molecule has 0 aliphatic carbocycles. The van der Waals surface area contributed by atoms with Crippen LogP contribution in [0.5, 0.6) is 5.75 Å². The van der Waals surface area contributed by atoms with Gasteiger partial charge in [0.05, 0.1) is 17.8 Å². The molecule has 2 N–H and O–H groups in total. The molecule has 0 bridgehead atoms. The number of rotatable bonds is 7. The molecule has 29 heavy (non-hydrogen) atoms. The summed E-state index contributed by atoms with van der Waals surface area (Å²) in [5.74, 6) is -0.734. The summed E-state index contributed by atoms with van der Waals surface area (Å²) >= 11 is 5.98. The Balaban J connectivity index is 1.63. The van der Waals surface area contributed by atoms with E-state index in [4.69, 9.17) is 21.4 Å². The van der Waals surface area contributed by atoms with Crippen molar-refractivity contribution in [2.24, 2.45) is 0 Å². The van der Waals surface area contributed by atoms with Gasteiger partial charge >= 0.3 is 5.97 Å². The lowest BCUT2D eigenvalue weighted by atomic mass is 10.1. The third-order valence-corrected chi connectivity index (χ3v) is 4.49. The predicted molar refractivity (Wildman–Crippen MR) is 109 cm³/mol. The van der Waals surface area contributed by atoms with Crippen molar-refractivity contribution in [3.05, 3.63) is 93.8 Å². The fourth-order valence-corrected chi connectivity index (χ4v) is 2.86. The van der Waals surface area contributed by atoms with Crippen LogP contribution in [-0.4, -0.2) is 22.0 Å².